The van der Waals surface area contributed by atoms with E-state index in [1.54, 1.807) is 0 Å². The second-order valence-electron chi connectivity index (χ2n) is 4.92. The molecule has 0 saturated heterocycles. The number of rotatable bonds is 5. The van der Waals surface area contributed by atoms with E-state index in [4.69, 9.17) is 10.5 Å². The van der Waals surface area contributed by atoms with Crippen molar-refractivity contribution < 1.29 is 9.53 Å². The van der Waals surface area contributed by atoms with Crippen LogP contribution in [-0.4, -0.2) is 19.1 Å². The number of ether oxygens (including phenoxy) is 1. The summed E-state index contributed by atoms with van der Waals surface area (Å²) < 4.78 is 4.81. The highest BCUT2D eigenvalue weighted by Gasteiger charge is 2.20. The van der Waals surface area contributed by atoms with Crippen LogP contribution >= 0.6 is 0 Å². The molecule has 0 bridgehead atoms. The van der Waals surface area contributed by atoms with Crippen LogP contribution in [0.4, 0.5) is 11.4 Å². The average Bonchev–Trinajstić information content (AvgIpc) is 2.31. The third-order valence-corrected chi connectivity index (χ3v) is 2.80. The Morgan fingerprint density at radius 2 is 2.11 bits per heavy atom. The van der Waals surface area contributed by atoms with Gasteiger partial charge < -0.3 is 15.8 Å². The number of anilines is 2. The number of carbonyl (C=O) groups is 1. The van der Waals surface area contributed by atoms with E-state index in [1.165, 1.54) is 7.11 Å². The van der Waals surface area contributed by atoms with E-state index >= 15 is 0 Å². The number of nitrogens with two attached hydrogens (primary N) is 1. The van der Waals surface area contributed by atoms with Gasteiger partial charge in [0, 0.05) is 11.4 Å². The standard InChI is InChI=1S/C14H22N2O2/c1-9(2)7-13(14(17)18-4)16-11-5-6-12(15)10(3)8-11/h5-6,8-9,13,16H,7,15H2,1-4H3. The van der Waals surface area contributed by atoms with Gasteiger partial charge in [0.15, 0.2) is 0 Å². The van der Waals surface area contributed by atoms with Gasteiger partial charge in [0.25, 0.3) is 0 Å². The molecule has 0 saturated carbocycles. The van der Waals surface area contributed by atoms with Crippen molar-refractivity contribution in [1.82, 2.24) is 0 Å². The van der Waals surface area contributed by atoms with Crippen molar-refractivity contribution in [3.8, 4) is 0 Å². The van der Waals surface area contributed by atoms with Crippen LogP contribution in [0.25, 0.3) is 0 Å². The normalized spacial score (nSPS) is 12.3. The molecule has 1 atom stereocenters. The summed E-state index contributed by atoms with van der Waals surface area (Å²) >= 11 is 0. The van der Waals surface area contributed by atoms with E-state index in [9.17, 15) is 4.79 Å². The molecule has 0 amide bonds. The Bertz CT molecular complexity index is 416. The number of esters is 1. The molecule has 0 aliphatic heterocycles. The largest absolute Gasteiger partial charge is 0.467 e. The maximum Gasteiger partial charge on any atom is 0.328 e. The number of carbonyl (C=O) groups excluding carboxylic acids is 1. The Balaban J connectivity index is 2.81. The molecule has 0 heterocycles. The third-order valence-electron chi connectivity index (χ3n) is 2.80. The number of hydrogen-bond acceptors (Lipinski definition) is 4. The van der Waals surface area contributed by atoms with E-state index < -0.39 is 0 Å². The van der Waals surface area contributed by atoms with Gasteiger partial charge in [-0.1, -0.05) is 13.8 Å². The number of benzene rings is 1. The fourth-order valence-electron chi connectivity index (χ4n) is 1.79. The quantitative estimate of drug-likeness (QED) is 0.622. The average molecular weight is 250 g/mol. The molecule has 1 aromatic rings. The molecular weight excluding hydrogens is 228 g/mol. The van der Waals surface area contributed by atoms with Crippen molar-refractivity contribution in [3.05, 3.63) is 23.8 Å². The van der Waals surface area contributed by atoms with E-state index in [0.717, 1.165) is 23.4 Å². The molecular formula is C14H22N2O2. The van der Waals surface area contributed by atoms with Crippen LogP contribution in [0.5, 0.6) is 0 Å². The highest BCUT2D eigenvalue weighted by molar-refractivity contribution is 5.79. The highest BCUT2D eigenvalue weighted by Crippen LogP contribution is 2.19. The molecule has 1 aromatic carbocycles. The first-order chi connectivity index (χ1) is 8.43. The molecule has 1 rings (SSSR count). The minimum absolute atomic E-state index is 0.238. The molecule has 0 spiro atoms. The fraction of sp³-hybridized carbons (Fsp3) is 0.500. The summed E-state index contributed by atoms with van der Waals surface area (Å²) in [4.78, 5) is 11.7. The lowest BCUT2D eigenvalue weighted by atomic mass is 10.0. The first-order valence-electron chi connectivity index (χ1n) is 6.14. The second-order valence-corrected chi connectivity index (χ2v) is 4.92. The minimum Gasteiger partial charge on any atom is -0.467 e. The summed E-state index contributed by atoms with van der Waals surface area (Å²) in [5.74, 6) is 0.176. The van der Waals surface area contributed by atoms with Crippen LogP contribution in [0.2, 0.25) is 0 Å². The first kappa shape index (κ1) is 14.4. The minimum atomic E-state index is -0.321. The van der Waals surface area contributed by atoms with Gasteiger partial charge >= 0.3 is 5.97 Å². The van der Waals surface area contributed by atoms with Crippen molar-refractivity contribution in [2.24, 2.45) is 5.92 Å². The van der Waals surface area contributed by atoms with Gasteiger partial charge in [-0.25, -0.2) is 4.79 Å². The molecule has 0 aliphatic carbocycles. The van der Waals surface area contributed by atoms with Crippen LogP contribution in [0.15, 0.2) is 18.2 Å². The van der Waals surface area contributed by atoms with Gasteiger partial charge in [-0.05, 0) is 43.0 Å². The van der Waals surface area contributed by atoms with Gasteiger partial charge in [-0.2, -0.15) is 0 Å². The molecule has 0 aliphatic rings. The van der Waals surface area contributed by atoms with Gasteiger partial charge in [0.1, 0.15) is 6.04 Å². The van der Waals surface area contributed by atoms with Gasteiger partial charge in [0.2, 0.25) is 0 Å². The Morgan fingerprint density at radius 1 is 1.44 bits per heavy atom. The predicted octanol–water partition coefficient (Wildman–Crippen LogP) is 2.58. The Labute approximate surface area is 109 Å². The zero-order valence-electron chi connectivity index (χ0n) is 11.5. The summed E-state index contributed by atoms with van der Waals surface area (Å²) in [7, 11) is 1.41. The van der Waals surface area contributed by atoms with Gasteiger partial charge in [0.05, 0.1) is 7.11 Å². The van der Waals surface area contributed by atoms with Gasteiger partial charge in [-0.15, -0.1) is 0 Å². The lowest BCUT2D eigenvalue weighted by Gasteiger charge is -2.19. The number of nitrogen functional groups attached to an aromatic ring is 1. The van der Waals surface area contributed by atoms with E-state index in [0.29, 0.717) is 5.92 Å². The van der Waals surface area contributed by atoms with Crippen molar-refractivity contribution in [3.63, 3.8) is 0 Å². The monoisotopic (exact) mass is 250 g/mol. The highest BCUT2D eigenvalue weighted by atomic mass is 16.5. The summed E-state index contributed by atoms with van der Waals surface area (Å²) in [6.07, 6.45) is 0.732. The van der Waals surface area contributed by atoms with Crippen molar-refractivity contribution in [1.29, 1.82) is 0 Å². The molecule has 0 fully saturated rings. The maximum absolute atomic E-state index is 11.7. The number of hydrogen-bond donors (Lipinski definition) is 2. The summed E-state index contributed by atoms with van der Waals surface area (Å²) in [6.45, 7) is 6.09. The zero-order chi connectivity index (χ0) is 13.7. The van der Waals surface area contributed by atoms with Gasteiger partial charge in [-0.3, -0.25) is 0 Å². The summed E-state index contributed by atoms with van der Waals surface area (Å²) in [6, 6.07) is 5.32. The maximum atomic E-state index is 11.7. The fourth-order valence-corrected chi connectivity index (χ4v) is 1.79. The smallest absolute Gasteiger partial charge is 0.328 e. The molecule has 1 unspecified atom stereocenters. The van der Waals surface area contributed by atoms with Crippen molar-refractivity contribution in [2.45, 2.75) is 33.2 Å². The van der Waals surface area contributed by atoms with E-state index in [-0.39, 0.29) is 12.0 Å². The Morgan fingerprint density at radius 3 is 2.61 bits per heavy atom. The third kappa shape index (κ3) is 3.95. The molecule has 3 N–H and O–H groups in total. The zero-order valence-corrected chi connectivity index (χ0v) is 11.5. The Kier molecular flexibility index (Phi) is 5.01. The molecule has 0 radical (unpaired) electrons. The van der Waals surface area contributed by atoms with Crippen LogP contribution in [0, 0.1) is 12.8 Å². The van der Waals surface area contributed by atoms with E-state index in [1.807, 2.05) is 25.1 Å². The SMILES string of the molecule is COC(=O)C(CC(C)C)Nc1ccc(N)c(C)c1. The number of methoxy groups -OCH3 is 1. The lowest BCUT2D eigenvalue weighted by molar-refractivity contribution is -0.141. The van der Waals surface area contributed by atoms with Crippen LogP contribution < -0.4 is 11.1 Å². The number of nitrogens with one attached hydrogen (secondary N) is 1. The Hall–Kier alpha value is -1.71. The number of aryl methyl sites for hydroxylation is 1. The van der Waals surface area contributed by atoms with E-state index in [2.05, 4.69) is 19.2 Å². The van der Waals surface area contributed by atoms with Crippen LogP contribution in [-0.2, 0) is 9.53 Å². The predicted molar refractivity (Wildman–Crippen MR) is 74.5 cm³/mol. The summed E-state index contributed by atoms with van der Waals surface area (Å²) in [5.41, 5.74) is 8.40. The second kappa shape index (κ2) is 6.28. The molecule has 18 heavy (non-hydrogen) atoms. The van der Waals surface area contributed by atoms with Crippen LogP contribution in [0.3, 0.4) is 0 Å². The lowest BCUT2D eigenvalue weighted by Crippen LogP contribution is -2.32. The molecule has 4 heteroatoms. The van der Waals surface area contributed by atoms with Crippen molar-refractivity contribution >= 4 is 17.3 Å². The molecule has 4 nitrogen and oxygen atoms in total. The molecule has 100 valence electrons. The van der Waals surface area contributed by atoms with Crippen molar-refractivity contribution in [2.75, 3.05) is 18.2 Å². The van der Waals surface area contributed by atoms with Crippen LogP contribution in [0.1, 0.15) is 25.8 Å². The first-order valence-corrected chi connectivity index (χ1v) is 6.14. The summed E-state index contributed by atoms with van der Waals surface area (Å²) in [5, 5.41) is 3.20. The topological polar surface area (TPSA) is 64.3 Å². The molecule has 0 aromatic heterocycles.